The second kappa shape index (κ2) is 5.97. The van der Waals surface area contributed by atoms with Crippen LogP contribution in [0.2, 0.25) is 0 Å². The highest BCUT2D eigenvalue weighted by molar-refractivity contribution is 7.10. The largest absolute Gasteiger partial charge is 0.481 e. The fourth-order valence-corrected chi connectivity index (χ4v) is 2.15. The number of carboxylic acids is 1. The fourth-order valence-electron chi connectivity index (χ4n) is 1.37. The van der Waals surface area contributed by atoms with Crippen molar-refractivity contribution in [3.63, 3.8) is 0 Å². The van der Waals surface area contributed by atoms with Crippen molar-refractivity contribution in [3.8, 4) is 0 Å². The van der Waals surface area contributed by atoms with Crippen molar-refractivity contribution in [2.75, 3.05) is 0 Å². The van der Waals surface area contributed by atoms with Crippen molar-refractivity contribution in [3.05, 3.63) is 22.4 Å². The molecule has 6 heteroatoms. The van der Waals surface area contributed by atoms with Gasteiger partial charge in [0.25, 0.3) is 0 Å². The second-order valence-electron chi connectivity index (χ2n) is 4.41. The maximum absolute atomic E-state index is 12.0. The first-order valence-electron chi connectivity index (χ1n) is 5.72. The van der Waals surface area contributed by atoms with Gasteiger partial charge in [-0.1, -0.05) is 13.0 Å². The zero-order chi connectivity index (χ0) is 13.8. The summed E-state index contributed by atoms with van der Waals surface area (Å²) in [4.78, 5) is 23.6. The van der Waals surface area contributed by atoms with Gasteiger partial charge in [0.05, 0.1) is 18.0 Å². The smallest absolute Gasteiger partial charge is 0.305 e. The van der Waals surface area contributed by atoms with E-state index in [4.69, 9.17) is 10.8 Å². The zero-order valence-electron chi connectivity index (χ0n) is 10.5. The van der Waals surface area contributed by atoms with Crippen molar-refractivity contribution in [1.29, 1.82) is 0 Å². The highest BCUT2D eigenvalue weighted by Gasteiger charge is 2.29. The average molecular weight is 270 g/mol. The Morgan fingerprint density at radius 3 is 2.72 bits per heavy atom. The van der Waals surface area contributed by atoms with E-state index in [-0.39, 0.29) is 12.3 Å². The molecule has 0 aliphatic carbocycles. The van der Waals surface area contributed by atoms with Gasteiger partial charge in [-0.3, -0.25) is 9.59 Å². The summed E-state index contributed by atoms with van der Waals surface area (Å²) in [6, 6.07) is 3.10. The van der Waals surface area contributed by atoms with Gasteiger partial charge in [-0.25, -0.2) is 0 Å². The molecule has 1 amide bonds. The summed E-state index contributed by atoms with van der Waals surface area (Å²) in [5, 5.41) is 13.4. The SMILES string of the molecule is CCC(C)(N)C(=O)NC(CC(=O)O)c1cccs1. The van der Waals surface area contributed by atoms with Crippen molar-refractivity contribution in [1.82, 2.24) is 5.32 Å². The molecule has 0 radical (unpaired) electrons. The molecule has 2 atom stereocenters. The summed E-state index contributed by atoms with van der Waals surface area (Å²) in [5.41, 5.74) is 4.86. The van der Waals surface area contributed by atoms with Gasteiger partial charge in [0.15, 0.2) is 0 Å². The lowest BCUT2D eigenvalue weighted by molar-refractivity contribution is -0.138. The topological polar surface area (TPSA) is 92.4 Å². The molecule has 0 aliphatic heterocycles. The minimum absolute atomic E-state index is 0.147. The number of amides is 1. The van der Waals surface area contributed by atoms with Gasteiger partial charge < -0.3 is 16.2 Å². The minimum Gasteiger partial charge on any atom is -0.481 e. The summed E-state index contributed by atoms with van der Waals surface area (Å²) >= 11 is 1.41. The molecule has 0 aliphatic rings. The third-order valence-electron chi connectivity index (χ3n) is 2.82. The number of rotatable bonds is 6. The van der Waals surface area contributed by atoms with E-state index in [2.05, 4.69) is 5.32 Å². The molecular weight excluding hydrogens is 252 g/mol. The molecule has 0 saturated heterocycles. The van der Waals surface area contributed by atoms with Gasteiger partial charge >= 0.3 is 5.97 Å². The number of carbonyl (C=O) groups excluding carboxylic acids is 1. The summed E-state index contributed by atoms with van der Waals surface area (Å²) in [6.07, 6.45) is 0.342. The van der Waals surface area contributed by atoms with Crippen LogP contribution in [-0.2, 0) is 9.59 Å². The van der Waals surface area contributed by atoms with Crippen LogP contribution in [0, 0.1) is 0 Å². The van der Waals surface area contributed by atoms with Gasteiger partial charge in [-0.15, -0.1) is 11.3 Å². The molecule has 0 bridgehead atoms. The predicted octanol–water partition coefficient (Wildman–Crippen LogP) is 1.51. The number of hydrogen-bond acceptors (Lipinski definition) is 4. The number of aliphatic carboxylic acids is 1. The van der Waals surface area contributed by atoms with Crippen LogP contribution in [-0.4, -0.2) is 22.5 Å². The molecule has 2 unspecified atom stereocenters. The predicted molar refractivity (Wildman–Crippen MR) is 70.3 cm³/mol. The maximum atomic E-state index is 12.0. The lowest BCUT2D eigenvalue weighted by Crippen LogP contribution is -2.52. The molecule has 100 valence electrons. The Kier molecular flexibility index (Phi) is 4.86. The number of nitrogens with one attached hydrogen (secondary N) is 1. The summed E-state index contributed by atoms with van der Waals surface area (Å²) in [5.74, 6) is -1.28. The van der Waals surface area contributed by atoms with Crippen LogP contribution in [0.5, 0.6) is 0 Å². The Bertz CT molecular complexity index is 415. The van der Waals surface area contributed by atoms with E-state index in [0.29, 0.717) is 6.42 Å². The fraction of sp³-hybridized carbons (Fsp3) is 0.500. The monoisotopic (exact) mass is 270 g/mol. The summed E-state index contributed by atoms with van der Waals surface area (Å²) in [7, 11) is 0. The molecule has 1 rings (SSSR count). The number of thiophene rings is 1. The van der Waals surface area contributed by atoms with E-state index in [1.54, 1.807) is 13.0 Å². The van der Waals surface area contributed by atoms with Crippen LogP contribution in [0.1, 0.15) is 37.6 Å². The van der Waals surface area contributed by atoms with E-state index in [9.17, 15) is 9.59 Å². The molecule has 1 aromatic heterocycles. The van der Waals surface area contributed by atoms with Crippen LogP contribution < -0.4 is 11.1 Å². The number of carboxylic acid groups (broad SMARTS) is 1. The number of carbonyl (C=O) groups is 2. The first kappa shape index (κ1) is 14.7. The maximum Gasteiger partial charge on any atom is 0.305 e. The van der Waals surface area contributed by atoms with Crippen LogP contribution in [0.4, 0.5) is 0 Å². The van der Waals surface area contributed by atoms with Gasteiger partial charge in [-0.2, -0.15) is 0 Å². The van der Waals surface area contributed by atoms with Gasteiger partial charge in [0.2, 0.25) is 5.91 Å². The van der Waals surface area contributed by atoms with E-state index < -0.39 is 17.6 Å². The van der Waals surface area contributed by atoms with Crippen molar-refractivity contribution in [2.24, 2.45) is 5.73 Å². The zero-order valence-corrected chi connectivity index (χ0v) is 11.3. The lowest BCUT2D eigenvalue weighted by atomic mass is 9.98. The van der Waals surface area contributed by atoms with Gasteiger partial charge in [-0.05, 0) is 24.8 Å². The molecular formula is C12H18N2O3S. The molecule has 5 nitrogen and oxygen atoms in total. The minimum atomic E-state index is -0.978. The summed E-state index contributed by atoms with van der Waals surface area (Å²) < 4.78 is 0. The second-order valence-corrected chi connectivity index (χ2v) is 5.39. The third kappa shape index (κ3) is 3.82. The first-order chi connectivity index (χ1) is 8.36. The lowest BCUT2D eigenvalue weighted by Gasteiger charge is -2.25. The van der Waals surface area contributed by atoms with E-state index in [0.717, 1.165) is 4.88 Å². The molecule has 0 aromatic carbocycles. The highest BCUT2D eigenvalue weighted by atomic mass is 32.1. The standard InChI is InChI=1S/C12H18N2O3S/c1-3-12(2,13)11(17)14-8(7-10(15)16)9-5-4-6-18-9/h4-6,8H,3,7,13H2,1-2H3,(H,14,17)(H,15,16). The Morgan fingerprint density at radius 2 is 2.28 bits per heavy atom. The molecule has 1 aromatic rings. The molecule has 18 heavy (non-hydrogen) atoms. The van der Waals surface area contributed by atoms with Crippen molar-refractivity contribution >= 4 is 23.2 Å². The van der Waals surface area contributed by atoms with E-state index >= 15 is 0 Å². The number of nitrogens with two attached hydrogens (primary N) is 1. The third-order valence-corrected chi connectivity index (χ3v) is 3.81. The molecule has 0 saturated carbocycles. The summed E-state index contributed by atoms with van der Waals surface area (Å²) in [6.45, 7) is 3.45. The first-order valence-corrected chi connectivity index (χ1v) is 6.60. The van der Waals surface area contributed by atoms with E-state index in [1.165, 1.54) is 11.3 Å². The van der Waals surface area contributed by atoms with Gasteiger partial charge in [0, 0.05) is 4.88 Å². The molecule has 1 heterocycles. The highest BCUT2D eigenvalue weighted by Crippen LogP contribution is 2.23. The van der Waals surface area contributed by atoms with Crippen molar-refractivity contribution < 1.29 is 14.7 Å². The molecule has 0 fully saturated rings. The quantitative estimate of drug-likeness (QED) is 0.730. The van der Waals surface area contributed by atoms with Crippen LogP contribution in [0.15, 0.2) is 17.5 Å². The van der Waals surface area contributed by atoms with Crippen molar-refractivity contribution in [2.45, 2.75) is 38.3 Å². The molecule has 4 N–H and O–H groups in total. The Morgan fingerprint density at radius 1 is 1.61 bits per heavy atom. The van der Waals surface area contributed by atoms with Crippen LogP contribution in [0.25, 0.3) is 0 Å². The normalized spacial score (nSPS) is 15.7. The number of hydrogen-bond donors (Lipinski definition) is 3. The van der Waals surface area contributed by atoms with Crippen LogP contribution in [0.3, 0.4) is 0 Å². The molecule has 0 spiro atoms. The van der Waals surface area contributed by atoms with E-state index in [1.807, 2.05) is 18.4 Å². The Balaban J connectivity index is 2.80. The Hall–Kier alpha value is -1.40. The van der Waals surface area contributed by atoms with Crippen LogP contribution >= 0.6 is 11.3 Å². The van der Waals surface area contributed by atoms with Gasteiger partial charge in [0.1, 0.15) is 0 Å². The average Bonchev–Trinajstić information content (AvgIpc) is 2.80. The Labute approximate surface area is 110 Å².